The Labute approximate surface area is 110 Å². The summed E-state index contributed by atoms with van der Waals surface area (Å²) in [5, 5.41) is 13.2. The van der Waals surface area contributed by atoms with E-state index < -0.39 is 0 Å². The molecule has 2 unspecified atom stereocenters. The SMILES string of the molecule is COCCNCC(O)CN1CCN2CCCC2C1. The molecule has 0 aromatic carbocycles. The lowest BCUT2D eigenvalue weighted by molar-refractivity contribution is 0.0562. The number of methoxy groups -OCH3 is 1. The van der Waals surface area contributed by atoms with Crippen LogP contribution in [0.3, 0.4) is 0 Å². The third-order valence-corrected chi connectivity index (χ3v) is 4.00. The van der Waals surface area contributed by atoms with Gasteiger partial charge in [0.05, 0.1) is 12.7 Å². The lowest BCUT2D eigenvalue weighted by Crippen LogP contribution is -2.52. The smallest absolute Gasteiger partial charge is 0.0791 e. The molecule has 0 aromatic rings. The molecule has 0 aliphatic carbocycles. The van der Waals surface area contributed by atoms with Crippen LogP contribution in [0.5, 0.6) is 0 Å². The lowest BCUT2D eigenvalue weighted by atomic mass is 10.1. The van der Waals surface area contributed by atoms with E-state index in [1.807, 2.05) is 0 Å². The standard InChI is InChI=1S/C13H27N3O2/c1-18-8-4-14-9-13(17)11-15-6-7-16-5-2-3-12(16)10-15/h12-14,17H,2-11H2,1H3. The quantitative estimate of drug-likeness (QED) is 0.594. The molecular weight excluding hydrogens is 230 g/mol. The highest BCUT2D eigenvalue weighted by atomic mass is 16.5. The van der Waals surface area contributed by atoms with Crippen LogP contribution in [0.2, 0.25) is 0 Å². The lowest BCUT2D eigenvalue weighted by Gasteiger charge is -2.38. The number of piperazine rings is 1. The molecule has 18 heavy (non-hydrogen) atoms. The fraction of sp³-hybridized carbons (Fsp3) is 1.00. The van der Waals surface area contributed by atoms with Crippen molar-refractivity contribution in [2.24, 2.45) is 0 Å². The summed E-state index contributed by atoms with van der Waals surface area (Å²) in [6, 6.07) is 0.743. The summed E-state index contributed by atoms with van der Waals surface area (Å²) in [5.41, 5.74) is 0. The van der Waals surface area contributed by atoms with Crippen LogP contribution in [0.15, 0.2) is 0 Å². The second-order valence-corrected chi connectivity index (χ2v) is 5.44. The minimum absolute atomic E-state index is 0.269. The van der Waals surface area contributed by atoms with Crippen molar-refractivity contribution >= 4 is 0 Å². The minimum atomic E-state index is -0.269. The first kappa shape index (κ1) is 14.2. The monoisotopic (exact) mass is 257 g/mol. The summed E-state index contributed by atoms with van der Waals surface area (Å²) < 4.78 is 4.96. The van der Waals surface area contributed by atoms with Gasteiger partial charge in [-0.3, -0.25) is 9.80 Å². The van der Waals surface area contributed by atoms with Gasteiger partial charge in [-0.15, -0.1) is 0 Å². The Morgan fingerprint density at radius 3 is 3.11 bits per heavy atom. The predicted molar refractivity (Wildman–Crippen MR) is 71.8 cm³/mol. The summed E-state index contributed by atoms with van der Waals surface area (Å²) in [6.45, 7) is 7.66. The zero-order valence-corrected chi connectivity index (χ0v) is 11.5. The normalized spacial score (nSPS) is 27.3. The van der Waals surface area contributed by atoms with E-state index in [1.54, 1.807) is 7.11 Å². The van der Waals surface area contributed by atoms with Crippen LogP contribution in [-0.4, -0.2) is 86.6 Å². The van der Waals surface area contributed by atoms with Crippen LogP contribution >= 0.6 is 0 Å². The van der Waals surface area contributed by atoms with Gasteiger partial charge < -0.3 is 15.2 Å². The molecule has 106 valence electrons. The molecule has 0 bridgehead atoms. The summed E-state index contributed by atoms with van der Waals surface area (Å²) in [5.74, 6) is 0. The summed E-state index contributed by atoms with van der Waals surface area (Å²) in [6.07, 6.45) is 2.41. The minimum Gasteiger partial charge on any atom is -0.390 e. The number of nitrogens with zero attached hydrogens (tertiary/aromatic N) is 2. The first-order valence-electron chi connectivity index (χ1n) is 7.13. The van der Waals surface area contributed by atoms with Gasteiger partial charge in [0.25, 0.3) is 0 Å². The first-order valence-corrected chi connectivity index (χ1v) is 7.13. The van der Waals surface area contributed by atoms with Gasteiger partial charge >= 0.3 is 0 Å². The van der Waals surface area contributed by atoms with Crippen molar-refractivity contribution in [2.45, 2.75) is 25.0 Å². The average Bonchev–Trinajstić information content (AvgIpc) is 2.82. The van der Waals surface area contributed by atoms with Crippen molar-refractivity contribution in [3.05, 3.63) is 0 Å². The van der Waals surface area contributed by atoms with Crippen LogP contribution in [0, 0.1) is 0 Å². The molecule has 0 amide bonds. The topological polar surface area (TPSA) is 48.0 Å². The Balaban J connectivity index is 1.60. The average molecular weight is 257 g/mol. The van der Waals surface area contributed by atoms with Gasteiger partial charge in [0.15, 0.2) is 0 Å². The number of hydrogen-bond acceptors (Lipinski definition) is 5. The van der Waals surface area contributed by atoms with Crippen molar-refractivity contribution in [3.63, 3.8) is 0 Å². The summed E-state index contributed by atoms with van der Waals surface area (Å²) in [4.78, 5) is 5.01. The number of aliphatic hydroxyl groups is 1. The van der Waals surface area contributed by atoms with Gasteiger partial charge in [-0.05, 0) is 19.4 Å². The van der Waals surface area contributed by atoms with E-state index in [-0.39, 0.29) is 6.10 Å². The molecule has 0 radical (unpaired) electrons. The first-order chi connectivity index (χ1) is 8.79. The molecule has 5 heteroatoms. The van der Waals surface area contributed by atoms with Gasteiger partial charge in [0, 0.05) is 52.4 Å². The molecule has 0 saturated carbocycles. The number of fused-ring (bicyclic) bond motifs is 1. The highest BCUT2D eigenvalue weighted by Gasteiger charge is 2.30. The number of β-amino-alcohol motifs (C(OH)–C–C–N with tert-alkyl or cyclic N) is 1. The highest BCUT2D eigenvalue weighted by molar-refractivity contribution is 4.87. The van der Waals surface area contributed by atoms with Crippen LogP contribution in [0.4, 0.5) is 0 Å². The summed E-state index contributed by atoms with van der Waals surface area (Å²) in [7, 11) is 1.69. The predicted octanol–water partition coefficient (Wildman–Crippen LogP) is -0.637. The van der Waals surface area contributed by atoms with Crippen molar-refractivity contribution in [1.82, 2.24) is 15.1 Å². The van der Waals surface area contributed by atoms with Crippen molar-refractivity contribution in [2.75, 3.05) is 59.5 Å². The maximum Gasteiger partial charge on any atom is 0.0791 e. The molecule has 0 aromatic heterocycles. The molecule has 2 fully saturated rings. The third kappa shape index (κ3) is 4.17. The molecule has 2 aliphatic rings. The third-order valence-electron chi connectivity index (χ3n) is 4.00. The molecule has 2 aliphatic heterocycles. The number of aliphatic hydroxyl groups excluding tert-OH is 1. The maximum atomic E-state index is 9.98. The van der Waals surface area contributed by atoms with E-state index in [9.17, 15) is 5.11 Å². The van der Waals surface area contributed by atoms with E-state index in [0.717, 1.165) is 32.2 Å². The van der Waals surface area contributed by atoms with Crippen molar-refractivity contribution < 1.29 is 9.84 Å². The number of ether oxygens (including phenoxy) is 1. The van der Waals surface area contributed by atoms with E-state index in [4.69, 9.17) is 4.74 Å². The fourth-order valence-corrected chi connectivity index (χ4v) is 3.03. The van der Waals surface area contributed by atoms with E-state index >= 15 is 0 Å². The Morgan fingerprint density at radius 1 is 1.39 bits per heavy atom. The molecule has 2 saturated heterocycles. The van der Waals surface area contributed by atoms with E-state index in [2.05, 4.69) is 15.1 Å². The Bertz CT molecular complexity index is 240. The second kappa shape index (κ2) is 7.40. The number of nitrogens with one attached hydrogen (secondary N) is 1. The molecule has 5 nitrogen and oxygen atoms in total. The Kier molecular flexibility index (Phi) is 5.85. The van der Waals surface area contributed by atoms with Gasteiger partial charge in [-0.1, -0.05) is 0 Å². The van der Waals surface area contributed by atoms with Gasteiger partial charge in [0.2, 0.25) is 0 Å². The van der Waals surface area contributed by atoms with Gasteiger partial charge in [-0.2, -0.15) is 0 Å². The number of hydrogen-bond donors (Lipinski definition) is 2. The van der Waals surface area contributed by atoms with Crippen LogP contribution < -0.4 is 5.32 Å². The second-order valence-electron chi connectivity index (χ2n) is 5.44. The summed E-state index contributed by atoms with van der Waals surface area (Å²) >= 11 is 0. The van der Waals surface area contributed by atoms with Crippen LogP contribution in [0.25, 0.3) is 0 Å². The fourth-order valence-electron chi connectivity index (χ4n) is 3.03. The zero-order chi connectivity index (χ0) is 12.8. The maximum absolute atomic E-state index is 9.98. The molecule has 0 spiro atoms. The van der Waals surface area contributed by atoms with Gasteiger partial charge in [-0.25, -0.2) is 0 Å². The molecule has 2 rings (SSSR count). The van der Waals surface area contributed by atoms with Crippen molar-refractivity contribution in [1.29, 1.82) is 0 Å². The largest absolute Gasteiger partial charge is 0.390 e. The van der Waals surface area contributed by atoms with Crippen LogP contribution in [0.1, 0.15) is 12.8 Å². The molecule has 2 heterocycles. The Morgan fingerprint density at radius 2 is 2.28 bits per heavy atom. The number of rotatable bonds is 7. The molecule has 2 atom stereocenters. The highest BCUT2D eigenvalue weighted by Crippen LogP contribution is 2.21. The molecular formula is C13H27N3O2. The Hall–Kier alpha value is -0.200. The molecule has 2 N–H and O–H groups in total. The van der Waals surface area contributed by atoms with Crippen molar-refractivity contribution in [3.8, 4) is 0 Å². The zero-order valence-electron chi connectivity index (χ0n) is 11.5. The van der Waals surface area contributed by atoms with Gasteiger partial charge in [0.1, 0.15) is 0 Å². The van der Waals surface area contributed by atoms with Crippen LogP contribution in [-0.2, 0) is 4.74 Å². The van der Waals surface area contributed by atoms with E-state index in [1.165, 1.54) is 25.9 Å². The van der Waals surface area contributed by atoms with E-state index in [0.29, 0.717) is 13.2 Å².